The molecule has 4 bridgehead atoms. The average Bonchev–Trinajstić information content (AvgIpc) is 2.51. The lowest BCUT2D eigenvalue weighted by Crippen LogP contribution is -3.10. The van der Waals surface area contributed by atoms with Gasteiger partial charge in [-0.2, -0.15) is 0 Å². The Bertz CT molecular complexity index is 442. The second-order valence-electron chi connectivity index (χ2n) is 8.93. The third-order valence-electron chi connectivity index (χ3n) is 7.49. The topological polar surface area (TPSA) is 30.7 Å². The highest BCUT2D eigenvalue weighted by atomic mass is 127. The molecule has 0 amide bonds. The molecule has 5 aliphatic rings. The lowest BCUT2D eigenvalue weighted by Gasteiger charge is -2.63. The molecule has 23 heavy (non-hydrogen) atoms. The van der Waals surface area contributed by atoms with E-state index < -0.39 is 0 Å². The van der Waals surface area contributed by atoms with Crippen LogP contribution in [0.15, 0.2) is 0 Å². The fourth-order valence-electron chi connectivity index (χ4n) is 6.65. The summed E-state index contributed by atoms with van der Waals surface area (Å²) in [7, 11) is 2.30. The van der Waals surface area contributed by atoms with Crippen LogP contribution < -0.4 is 4.90 Å². The second kappa shape index (κ2) is 6.15. The first-order chi connectivity index (χ1) is 11.0. The molecule has 1 unspecified atom stereocenters. The van der Waals surface area contributed by atoms with Crippen LogP contribution in [0.3, 0.4) is 0 Å². The summed E-state index contributed by atoms with van der Waals surface area (Å²) in [6.07, 6.45) is 9.26. The Kier molecular flexibility index (Phi) is 4.45. The molecule has 1 heterocycles. The van der Waals surface area contributed by atoms with Gasteiger partial charge in [0.15, 0.2) is 0 Å². The van der Waals surface area contributed by atoms with E-state index in [9.17, 15) is 4.79 Å². The van der Waals surface area contributed by atoms with Crippen molar-refractivity contribution in [2.45, 2.75) is 61.4 Å². The number of esters is 1. The van der Waals surface area contributed by atoms with Crippen molar-refractivity contribution in [3.8, 4) is 0 Å². The minimum atomic E-state index is -0.107. The van der Waals surface area contributed by atoms with Crippen LogP contribution in [-0.2, 0) is 9.53 Å². The van der Waals surface area contributed by atoms with Gasteiger partial charge in [0.05, 0.1) is 20.1 Å². The van der Waals surface area contributed by atoms with E-state index in [1.165, 1.54) is 58.0 Å². The Morgan fingerprint density at radius 2 is 1.57 bits per heavy atom. The highest BCUT2D eigenvalue weighted by molar-refractivity contribution is 14.1. The number of quaternary nitrogens is 1. The third kappa shape index (κ3) is 2.76. The van der Waals surface area contributed by atoms with Gasteiger partial charge < -0.3 is 9.64 Å². The third-order valence-corrected chi connectivity index (χ3v) is 8.00. The molecule has 0 aromatic rings. The minimum absolute atomic E-state index is 0.0291. The van der Waals surface area contributed by atoms with Crippen molar-refractivity contribution >= 4 is 28.6 Å². The Labute approximate surface area is 154 Å². The Balaban J connectivity index is 1.65. The number of likely N-dealkylation sites (tertiary alicyclic amines) is 1. The summed E-state index contributed by atoms with van der Waals surface area (Å²) in [6, 6.07) is 0. The Morgan fingerprint density at radius 3 is 2.04 bits per heavy atom. The van der Waals surface area contributed by atoms with Gasteiger partial charge in [-0.25, -0.2) is 0 Å². The first-order valence-corrected chi connectivity index (χ1v) is 10.9. The molecular formula is C19H31INO2+. The van der Waals surface area contributed by atoms with Crippen molar-refractivity contribution < 1.29 is 14.4 Å². The van der Waals surface area contributed by atoms with E-state index >= 15 is 0 Å². The maximum Gasteiger partial charge on any atom is 0.319 e. The molecule has 4 saturated carbocycles. The summed E-state index contributed by atoms with van der Waals surface area (Å²) in [5.74, 6) is 3.82. The predicted octanol–water partition coefficient (Wildman–Crippen LogP) is 2.47. The number of ether oxygens (including phenoxy) is 1. The molecule has 0 aromatic heterocycles. The van der Waals surface area contributed by atoms with Crippen LogP contribution in [0, 0.1) is 29.6 Å². The molecule has 0 radical (unpaired) electrons. The van der Waals surface area contributed by atoms with E-state index in [1.54, 1.807) is 4.90 Å². The number of rotatable bonds is 3. The first kappa shape index (κ1) is 16.6. The number of halogens is 1. The van der Waals surface area contributed by atoms with E-state index in [-0.39, 0.29) is 15.5 Å². The molecule has 4 aliphatic carbocycles. The number of piperidine rings is 1. The van der Waals surface area contributed by atoms with Crippen molar-refractivity contribution in [1.82, 2.24) is 0 Å². The lowest BCUT2D eigenvalue weighted by molar-refractivity contribution is -0.886. The summed E-state index contributed by atoms with van der Waals surface area (Å²) < 4.78 is 6.47. The summed E-state index contributed by atoms with van der Waals surface area (Å²) in [4.78, 5) is 14.3. The highest BCUT2D eigenvalue weighted by Gasteiger charge is 2.63. The predicted molar refractivity (Wildman–Crippen MR) is 98.7 cm³/mol. The van der Waals surface area contributed by atoms with Crippen molar-refractivity contribution in [2.24, 2.45) is 29.6 Å². The summed E-state index contributed by atoms with van der Waals surface area (Å²) in [6.45, 7) is 4.47. The van der Waals surface area contributed by atoms with Gasteiger partial charge in [-0.3, -0.25) is 4.79 Å². The average molecular weight is 432 g/mol. The van der Waals surface area contributed by atoms with E-state index in [0.29, 0.717) is 17.8 Å². The maximum atomic E-state index is 12.6. The normalized spacial score (nSPS) is 49.9. The molecule has 5 rings (SSSR count). The number of alkyl halides is 1. The number of carbonyl (C=O) groups excluding carboxylic acids is 1. The molecule has 1 N–H and O–H groups in total. The Hall–Kier alpha value is 0.160. The quantitative estimate of drug-likeness (QED) is 0.422. The zero-order chi connectivity index (χ0) is 16.2. The van der Waals surface area contributed by atoms with Gasteiger partial charge in [0.25, 0.3) is 0 Å². The van der Waals surface area contributed by atoms with Gasteiger partial charge in [-0.05, 0) is 62.7 Å². The van der Waals surface area contributed by atoms with Crippen molar-refractivity contribution in [3.63, 3.8) is 0 Å². The van der Waals surface area contributed by atoms with Crippen LogP contribution in [0.4, 0.5) is 0 Å². The molecule has 130 valence electrons. The fourth-order valence-corrected chi connectivity index (χ4v) is 6.78. The number of hydrogen-bond acceptors (Lipinski definition) is 2. The summed E-state index contributed by atoms with van der Waals surface area (Å²) in [5, 5.41) is 0. The van der Waals surface area contributed by atoms with Crippen LogP contribution in [0.1, 0.15) is 51.9 Å². The van der Waals surface area contributed by atoms with Crippen LogP contribution >= 0.6 is 22.6 Å². The van der Waals surface area contributed by atoms with Gasteiger partial charge in [-0.15, -0.1) is 0 Å². The maximum absolute atomic E-state index is 12.6. The van der Waals surface area contributed by atoms with Crippen LogP contribution in [0.25, 0.3) is 0 Å². The van der Waals surface area contributed by atoms with Gasteiger partial charge in [0.1, 0.15) is 9.53 Å². The van der Waals surface area contributed by atoms with Crippen LogP contribution in [-0.4, -0.2) is 35.6 Å². The number of carbonyl (C=O) groups is 1. The zero-order valence-electron chi connectivity index (χ0n) is 14.5. The number of nitrogens with one attached hydrogen (secondary N) is 1. The first-order valence-electron chi connectivity index (χ1n) is 9.67. The van der Waals surface area contributed by atoms with E-state index in [4.69, 9.17) is 4.74 Å². The van der Waals surface area contributed by atoms with Crippen LogP contribution in [0.2, 0.25) is 0 Å². The molecule has 1 aliphatic heterocycles. The highest BCUT2D eigenvalue weighted by Crippen LogP contribution is 2.62. The van der Waals surface area contributed by atoms with Crippen LogP contribution in [0.5, 0.6) is 0 Å². The standard InChI is InChI=1S/C19H30INO2/c1-12(20)18(22)23-19(15-3-5-21(2)6-4-15)16-8-13-7-14(10-16)11-17(19)9-13/h12-17H,3-11H2,1-2H3/p+1. The molecule has 4 heteroatoms. The van der Waals surface area contributed by atoms with Gasteiger partial charge in [0, 0.05) is 18.8 Å². The molecule has 1 atom stereocenters. The smallest absolute Gasteiger partial charge is 0.319 e. The van der Waals surface area contributed by atoms with E-state index in [2.05, 4.69) is 29.6 Å². The molecule has 5 fully saturated rings. The van der Waals surface area contributed by atoms with Crippen molar-refractivity contribution in [1.29, 1.82) is 0 Å². The van der Waals surface area contributed by atoms with Gasteiger partial charge >= 0.3 is 5.97 Å². The summed E-state index contributed by atoms with van der Waals surface area (Å²) >= 11 is 2.22. The molecule has 1 saturated heterocycles. The molecule has 0 spiro atoms. The van der Waals surface area contributed by atoms with Gasteiger partial charge in [0.2, 0.25) is 0 Å². The van der Waals surface area contributed by atoms with Crippen molar-refractivity contribution in [2.75, 3.05) is 20.1 Å². The fraction of sp³-hybridized carbons (Fsp3) is 0.947. The zero-order valence-corrected chi connectivity index (χ0v) is 16.7. The Morgan fingerprint density at radius 1 is 1.04 bits per heavy atom. The van der Waals surface area contributed by atoms with E-state index in [0.717, 1.165) is 11.8 Å². The van der Waals surface area contributed by atoms with E-state index in [1.807, 2.05) is 6.92 Å². The molecule has 3 nitrogen and oxygen atoms in total. The minimum Gasteiger partial charge on any atom is -0.457 e. The van der Waals surface area contributed by atoms with Gasteiger partial charge in [-0.1, -0.05) is 22.6 Å². The summed E-state index contributed by atoms with van der Waals surface area (Å²) in [5.41, 5.74) is -0.107. The monoisotopic (exact) mass is 432 g/mol. The largest absolute Gasteiger partial charge is 0.457 e. The molecular weight excluding hydrogens is 401 g/mol. The lowest BCUT2D eigenvalue weighted by atomic mass is 9.46. The van der Waals surface area contributed by atoms with Crippen molar-refractivity contribution in [3.05, 3.63) is 0 Å². The second-order valence-corrected chi connectivity index (χ2v) is 10.8. The SMILES string of the molecule is CC(I)C(=O)OC1(C2CC[NH+](C)CC2)C2CC3CC(C2)CC1C3. The number of hydrogen-bond donors (Lipinski definition) is 1. The molecule has 0 aromatic carbocycles.